The first kappa shape index (κ1) is 19.0. The third kappa shape index (κ3) is 5.98. The first-order chi connectivity index (χ1) is 9.19. The fourth-order valence-electron chi connectivity index (χ4n) is 3.49. The van der Waals surface area contributed by atoms with Gasteiger partial charge < -0.3 is 4.98 Å². The summed E-state index contributed by atoms with van der Waals surface area (Å²) >= 11 is -0.556. The van der Waals surface area contributed by atoms with Gasteiger partial charge in [-0.2, -0.15) is 0 Å². The van der Waals surface area contributed by atoms with Crippen molar-refractivity contribution in [3.63, 3.8) is 0 Å². The molecule has 0 amide bonds. The summed E-state index contributed by atoms with van der Waals surface area (Å²) in [5.41, 5.74) is 0.999. The molecule has 20 heavy (non-hydrogen) atoms. The average molecular weight is 367 g/mol. The number of halogens is 2. The number of hydrogen-bond acceptors (Lipinski definition) is 0. The molecule has 0 aliphatic heterocycles. The molecule has 2 atom stereocenters. The second-order valence-corrected chi connectivity index (χ2v) is 14.2. The second kappa shape index (κ2) is 7.99. The van der Waals surface area contributed by atoms with Gasteiger partial charge in [-0.25, -0.2) is 0 Å². The Balaban J connectivity index is 0.000000612. The predicted octanol–water partition coefficient (Wildman–Crippen LogP) is 6.26. The Kier molecular flexibility index (Phi) is 7.59. The Bertz CT molecular complexity index is 343. The first-order valence-corrected chi connectivity index (χ1v) is 14.6. The number of hydrogen-bond donors (Lipinski definition) is 0. The molecule has 114 valence electrons. The fraction of sp³-hybridized carbons (Fsp3) is 0.733. The topological polar surface area (TPSA) is 14.1 Å². The van der Waals surface area contributed by atoms with E-state index in [1.807, 2.05) is 0 Å². The Morgan fingerprint density at radius 1 is 1.05 bits per heavy atom. The van der Waals surface area contributed by atoms with Crippen molar-refractivity contribution in [1.29, 1.82) is 0 Å². The summed E-state index contributed by atoms with van der Waals surface area (Å²) in [4.78, 5) is 5.17. The van der Waals surface area contributed by atoms with E-state index in [1.165, 1.54) is 12.8 Å². The van der Waals surface area contributed by atoms with E-state index in [9.17, 15) is 0 Å². The third-order valence-corrected chi connectivity index (χ3v) is 7.83. The first-order valence-electron chi connectivity index (χ1n) is 7.25. The summed E-state index contributed by atoms with van der Waals surface area (Å²) < 4.78 is 0. The predicted molar refractivity (Wildman–Crippen MR) is 90.5 cm³/mol. The molecular formula is C15H26Cl2NSiTi-. The van der Waals surface area contributed by atoms with Crippen molar-refractivity contribution in [2.24, 2.45) is 11.8 Å². The van der Waals surface area contributed by atoms with E-state index in [-0.39, 0.29) is 5.54 Å². The molecule has 0 aromatic carbocycles. The molecule has 0 radical (unpaired) electrons. The van der Waals surface area contributed by atoms with Crippen LogP contribution < -0.4 is 0 Å². The summed E-state index contributed by atoms with van der Waals surface area (Å²) in [6.45, 7) is 11.6. The van der Waals surface area contributed by atoms with Crippen LogP contribution in [0.2, 0.25) is 18.6 Å². The molecule has 2 unspecified atom stereocenters. The molecule has 0 spiro atoms. The van der Waals surface area contributed by atoms with Gasteiger partial charge in [0.15, 0.2) is 0 Å². The Hall–Kier alpha value is 0.951. The van der Waals surface area contributed by atoms with Crippen molar-refractivity contribution >= 4 is 26.8 Å². The van der Waals surface area contributed by atoms with E-state index < -0.39 is 25.3 Å². The van der Waals surface area contributed by atoms with Gasteiger partial charge in [0.05, 0.1) is 0 Å². The SMILES string of the molecule is CC(C)(C)[N-][Si](C)(C)C1CC2C=CC=CC2C1.[Cl][Ti][Cl]. The zero-order chi connectivity index (χ0) is 15.4. The Morgan fingerprint density at radius 3 is 1.80 bits per heavy atom. The quantitative estimate of drug-likeness (QED) is 0.511. The Labute approximate surface area is 142 Å². The summed E-state index contributed by atoms with van der Waals surface area (Å²) in [7, 11) is 8.34. The van der Waals surface area contributed by atoms with Gasteiger partial charge in [0.2, 0.25) is 0 Å². The number of allylic oxidation sites excluding steroid dienone is 4. The molecule has 0 aromatic heterocycles. The van der Waals surface area contributed by atoms with Crippen LogP contribution in [0.25, 0.3) is 4.98 Å². The minimum absolute atomic E-state index is 0.134. The van der Waals surface area contributed by atoms with Gasteiger partial charge in [-0.05, 0) is 24.7 Å². The molecule has 0 aromatic rings. The monoisotopic (exact) mass is 366 g/mol. The summed E-state index contributed by atoms with van der Waals surface area (Å²) in [6.07, 6.45) is 12.0. The van der Waals surface area contributed by atoms with E-state index >= 15 is 0 Å². The van der Waals surface area contributed by atoms with Crippen molar-refractivity contribution in [1.82, 2.24) is 0 Å². The van der Waals surface area contributed by atoms with Crippen molar-refractivity contribution < 1.29 is 17.0 Å². The molecule has 1 saturated carbocycles. The number of rotatable bonds is 2. The van der Waals surface area contributed by atoms with Gasteiger partial charge in [-0.3, -0.25) is 0 Å². The molecule has 0 heterocycles. The zero-order valence-electron chi connectivity index (χ0n) is 13.2. The molecule has 1 fully saturated rings. The van der Waals surface area contributed by atoms with Crippen molar-refractivity contribution in [2.45, 2.75) is 57.8 Å². The Morgan fingerprint density at radius 2 is 1.45 bits per heavy atom. The second-order valence-electron chi connectivity index (χ2n) is 7.27. The van der Waals surface area contributed by atoms with E-state index in [0.717, 1.165) is 17.4 Å². The van der Waals surface area contributed by atoms with Crippen molar-refractivity contribution in [3.05, 3.63) is 29.3 Å². The maximum absolute atomic E-state index is 5.17. The average Bonchev–Trinajstić information content (AvgIpc) is 2.71. The van der Waals surface area contributed by atoms with E-state index in [1.54, 1.807) is 0 Å². The van der Waals surface area contributed by atoms with Crippen LogP contribution in [0.3, 0.4) is 0 Å². The van der Waals surface area contributed by atoms with Crippen molar-refractivity contribution in [3.8, 4) is 0 Å². The normalized spacial score (nSPS) is 28.6. The van der Waals surface area contributed by atoms with Gasteiger partial charge in [-0.1, -0.05) is 71.9 Å². The molecule has 1 nitrogen and oxygen atoms in total. The van der Waals surface area contributed by atoms with Crippen LogP contribution in [0.1, 0.15) is 33.6 Å². The van der Waals surface area contributed by atoms with Crippen molar-refractivity contribution in [2.75, 3.05) is 0 Å². The van der Waals surface area contributed by atoms with E-state index in [0.29, 0.717) is 0 Å². The van der Waals surface area contributed by atoms with Crippen LogP contribution in [0.15, 0.2) is 24.3 Å². The number of nitrogens with zero attached hydrogens (tertiary/aromatic N) is 1. The molecule has 5 heteroatoms. The molecule has 2 aliphatic carbocycles. The van der Waals surface area contributed by atoms with Crippen LogP contribution >= 0.6 is 18.6 Å². The number of fused-ring (bicyclic) bond motifs is 1. The van der Waals surface area contributed by atoms with Crippen LogP contribution in [0.5, 0.6) is 0 Å². The minimum atomic E-state index is -1.44. The zero-order valence-corrected chi connectivity index (χ0v) is 17.2. The van der Waals surface area contributed by atoms with E-state index in [2.05, 4.69) is 58.2 Å². The molecule has 0 bridgehead atoms. The van der Waals surface area contributed by atoms with Crippen LogP contribution in [0, 0.1) is 11.8 Å². The summed E-state index contributed by atoms with van der Waals surface area (Å²) in [5, 5.41) is 0. The molecular weight excluding hydrogens is 341 g/mol. The van der Waals surface area contributed by atoms with Crippen LogP contribution in [-0.2, 0) is 17.0 Å². The van der Waals surface area contributed by atoms with Gasteiger partial charge in [-0.15, -0.1) is 5.54 Å². The van der Waals surface area contributed by atoms with Gasteiger partial charge >= 0.3 is 35.6 Å². The third-order valence-electron chi connectivity index (χ3n) is 4.11. The maximum atomic E-state index is 5.17. The van der Waals surface area contributed by atoms with Gasteiger partial charge in [0.1, 0.15) is 0 Å². The van der Waals surface area contributed by atoms with E-state index in [4.69, 9.17) is 23.6 Å². The van der Waals surface area contributed by atoms with Crippen LogP contribution in [-0.4, -0.2) is 13.8 Å². The standard InChI is InChI=1S/C15H26NSi.2ClH.Ti/c1-15(2,3)16-17(4,5)14-10-12-8-6-7-9-13(12)11-14;;;/h6-9,12-14H,10-11H2,1-5H3;2*1H;/q-1;;;+2/p-2. The van der Waals surface area contributed by atoms with Crippen LogP contribution in [0.4, 0.5) is 0 Å². The van der Waals surface area contributed by atoms with Gasteiger partial charge in [0.25, 0.3) is 0 Å². The molecule has 2 rings (SSSR count). The molecule has 0 N–H and O–H groups in total. The molecule has 0 saturated heterocycles. The summed E-state index contributed by atoms with van der Waals surface area (Å²) in [5.74, 6) is 1.60. The fourth-order valence-corrected chi connectivity index (χ4v) is 7.10. The van der Waals surface area contributed by atoms with Gasteiger partial charge in [0, 0.05) is 0 Å². The molecule has 2 aliphatic rings. The summed E-state index contributed by atoms with van der Waals surface area (Å²) in [6, 6.07) is 0.